The lowest BCUT2D eigenvalue weighted by Crippen LogP contribution is -2.04. The molecular formula is C16H13N5OS. The van der Waals surface area contributed by atoms with Crippen LogP contribution in [0.5, 0.6) is 0 Å². The first-order chi connectivity index (χ1) is 11.1. The van der Waals surface area contributed by atoms with Crippen LogP contribution < -0.4 is 0 Å². The molecule has 23 heavy (non-hydrogen) atoms. The highest BCUT2D eigenvalue weighted by molar-refractivity contribution is 7.99. The molecule has 0 fully saturated rings. The molecule has 3 aromatic rings. The van der Waals surface area contributed by atoms with E-state index in [-0.39, 0.29) is 11.5 Å². The maximum atomic E-state index is 12.2. The molecule has 0 aliphatic heterocycles. The van der Waals surface area contributed by atoms with Crippen molar-refractivity contribution in [3.05, 3.63) is 52.8 Å². The average Bonchev–Trinajstić information content (AvgIpc) is 2.95. The highest BCUT2D eigenvalue weighted by atomic mass is 32.2. The van der Waals surface area contributed by atoms with Gasteiger partial charge in [0.1, 0.15) is 0 Å². The minimum absolute atomic E-state index is 0.0195. The smallest absolute Gasteiger partial charge is 0.256 e. The zero-order valence-electron chi connectivity index (χ0n) is 12.6. The zero-order chi connectivity index (χ0) is 16.4. The summed E-state index contributed by atoms with van der Waals surface area (Å²) in [7, 11) is 0. The lowest BCUT2D eigenvalue weighted by molar-refractivity contribution is 0.102. The molecule has 0 bridgehead atoms. The third-order valence-corrected chi connectivity index (χ3v) is 4.26. The van der Waals surface area contributed by atoms with Crippen molar-refractivity contribution in [1.82, 2.24) is 19.6 Å². The Morgan fingerprint density at radius 3 is 2.70 bits per heavy atom. The molecule has 3 rings (SSSR count). The number of nitrogens with zero attached hydrogens (tertiary/aromatic N) is 5. The summed E-state index contributed by atoms with van der Waals surface area (Å²) in [6, 6.07) is 10.6. The SMILES string of the molecule is Cc1cc(C)n2c(SCC(=O)c3ccc(C#N)cc3)nnc2n1. The fourth-order valence-electron chi connectivity index (χ4n) is 2.24. The number of ketones is 1. The van der Waals surface area contributed by atoms with Crippen LogP contribution in [-0.2, 0) is 0 Å². The van der Waals surface area contributed by atoms with Gasteiger partial charge in [-0.05, 0) is 32.0 Å². The minimum atomic E-state index is -0.0195. The molecule has 0 spiro atoms. The summed E-state index contributed by atoms with van der Waals surface area (Å²) in [5, 5.41) is 17.6. The Labute approximate surface area is 137 Å². The van der Waals surface area contributed by atoms with Crippen LogP contribution in [0, 0.1) is 25.2 Å². The monoisotopic (exact) mass is 323 g/mol. The molecule has 114 valence electrons. The van der Waals surface area contributed by atoms with Gasteiger partial charge in [-0.25, -0.2) is 4.98 Å². The number of rotatable bonds is 4. The number of benzene rings is 1. The summed E-state index contributed by atoms with van der Waals surface area (Å²) in [5.41, 5.74) is 2.98. The van der Waals surface area contributed by atoms with Gasteiger partial charge in [0.25, 0.3) is 5.78 Å². The predicted octanol–water partition coefficient (Wildman–Crippen LogP) is 2.59. The molecule has 7 heteroatoms. The molecule has 2 heterocycles. The molecule has 0 saturated heterocycles. The van der Waals surface area contributed by atoms with Gasteiger partial charge in [-0.15, -0.1) is 10.2 Å². The van der Waals surface area contributed by atoms with Crippen molar-refractivity contribution in [3.63, 3.8) is 0 Å². The van der Waals surface area contributed by atoms with Crippen LogP contribution in [0.4, 0.5) is 0 Å². The molecule has 0 aliphatic rings. The minimum Gasteiger partial charge on any atom is -0.293 e. The average molecular weight is 323 g/mol. The second-order valence-corrected chi connectivity index (χ2v) is 6.00. The zero-order valence-corrected chi connectivity index (χ0v) is 13.5. The first-order valence-corrected chi connectivity index (χ1v) is 7.92. The molecule has 1 aromatic carbocycles. The summed E-state index contributed by atoms with van der Waals surface area (Å²) in [5.74, 6) is 0.768. The second kappa shape index (κ2) is 6.18. The van der Waals surface area contributed by atoms with Crippen molar-refractivity contribution in [1.29, 1.82) is 5.26 Å². The highest BCUT2D eigenvalue weighted by Gasteiger charge is 2.13. The summed E-state index contributed by atoms with van der Waals surface area (Å²) < 4.78 is 1.84. The van der Waals surface area contributed by atoms with E-state index in [1.165, 1.54) is 11.8 Å². The fraction of sp³-hybridized carbons (Fsp3) is 0.188. The topological polar surface area (TPSA) is 83.9 Å². The van der Waals surface area contributed by atoms with Gasteiger partial charge in [-0.2, -0.15) is 5.26 Å². The molecule has 0 radical (unpaired) electrons. The normalized spacial score (nSPS) is 10.7. The lowest BCUT2D eigenvalue weighted by Gasteiger charge is -2.04. The quantitative estimate of drug-likeness (QED) is 0.542. The first kappa shape index (κ1) is 15.2. The number of aryl methyl sites for hydroxylation is 2. The Bertz CT molecular complexity index is 924. The number of carbonyl (C=O) groups excluding carboxylic acids is 1. The molecule has 0 aliphatic carbocycles. The van der Waals surface area contributed by atoms with Crippen molar-refractivity contribution in [2.45, 2.75) is 19.0 Å². The predicted molar refractivity (Wildman–Crippen MR) is 86.5 cm³/mol. The van der Waals surface area contributed by atoms with Crippen LogP contribution in [0.25, 0.3) is 5.78 Å². The van der Waals surface area contributed by atoms with Gasteiger partial charge in [0, 0.05) is 17.0 Å². The van der Waals surface area contributed by atoms with Crippen LogP contribution in [0.1, 0.15) is 27.3 Å². The first-order valence-electron chi connectivity index (χ1n) is 6.94. The van der Waals surface area contributed by atoms with Gasteiger partial charge in [0.05, 0.1) is 17.4 Å². The van der Waals surface area contributed by atoms with Crippen molar-refractivity contribution >= 4 is 23.3 Å². The van der Waals surface area contributed by atoms with Gasteiger partial charge in [-0.1, -0.05) is 23.9 Å². The van der Waals surface area contributed by atoms with Crippen molar-refractivity contribution in [3.8, 4) is 6.07 Å². The van der Waals surface area contributed by atoms with E-state index in [1.807, 2.05) is 30.4 Å². The lowest BCUT2D eigenvalue weighted by atomic mass is 10.1. The molecule has 0 saturated carbocycles. The van der Waals surface area contributed by atoms with Crippen molar-refractivity contribution in [2.75, 3.05) is 5.75 Å². The summed E-state index contributed by atoms with van der Waals surface area (Å²) in [4.78, 5) is 16.6. The second-order valence-electron chi connectivity index (χ2n) is 5.06. The molecular weight excluding hydrogens is 310 g/mol. The van der Waals surface area contributed by atoms with E-state index in [4.69, 9.17) is 5.26 Å². The van der Waals surface area contributed by atoms with Crippen LogP contribution in [0.15, 0.2) is 35.5 Å². The van der Waals surface area contributed by atoms with E-state index in [0.29, 0.717) is 22.1 Å². The number of hydrogen-bond acceptors (Lipinski definition) is 6. The third kappa shape index (κ3) is 3.07. The van der Waals surface area contributed by atoms with Crippen LogP contribution in [0.3, 0.4) is 0 Å². The van der Waals surface area contributed by atoms with Gasteiger partial charge in [0.2, 0.25) is 0 Å². The Morgan fingerprint density at radius 1 is 1.26 bits per heavy atom. The number of carbonyl (C=O) groups is 1. The van der Waals surface area contributed by atoms with E-state index in [0.717, 1.165) is 11.4 Å². The van der Waals surface area contributed by atoms with Crippen molar-refractivity contribution in [2.24, 2.45) is 0 Å². The van der Waals surface area contributed by atoms with E-state index < -0.39 is 0 Å². The van der Waals surface area contributed by atoms with E-state index >= 15 is 0 Å². The molecule has 0 amide bonds. The van der Waals surface area contributed by atoms with Crippen LogP contribution in [-0.4, -0.2) is 31.1 Å². The Hall–Kier alpha value is -2.72. The number of hydrogen-bond donors (Lipinski definition) is 0. The van der Waals surface area contributed by atoms with Gasteiger partial charge in [0.15, 0.2) is 10.9 Å². The van der Waals surface area contributed by atoms with Gasteiger partial charge < -0.3 is 0 Å². The standard InChI is InChI=1S/C16H13N5OS/c1-10-7-11(2)21-15(18-10)19-20-16(21)23-9-14(22)13-5-3-12(8-17)4-6-13/h3-7H,9H2,1-2H3. The summed E-state index contributed by atoms with van der Waals surface area (Å²) >= 11 is 1.32. The summed E-state index contributed by atoms with van der Waals surface area (Å²) in [6.45, 7) is 3.86. The van der Waals surface area contributed by atoms with E-state index in [9.17, 15) is 4.79 Å². The maximum absolute atomic E-state index is 12.2. The molecule has 0 unspecified atom stereocenters. The Kier molecular flexibility index (Phi) is 4.08. The molecule has 2 aromatic heterocycles. The van der Waals surface area contributed by atoms with Crippen molar-refractivity contribution < 1.29 is 4.79 Å². The number of aromatic nitrogens is 4. The van der Waals surface area contributed by atoms with Gasteiger partial charge >= 0.3 is 0 Å². The third-order valence-electron chi connectivity index (χ3n) is 3.33. The van der Waals surface area contributed by atoms with E-state index in [2.05, 4.69) is 15.2 Å². The molecule has 0 N–H and O–H groups in total. The largest absolute Gasteiger partial charge is 0.293 e. The molecule has 0 atom stereocenters. The fourth-order valence-corrected chi connectivity index (χ4v) is 3.12. The van der Waals surface area contributed by atoms with E-state index in [1.54, 1.807) is 24.3 Å². The van der Waals surface area contributed by atoms with Crippen LogP contribution >= 0.6 is 11.8 Å². The molecule has 6 nitrogen and oxygen atoms in total. The number of nitriles is 1. The van der Waals surface area contributed by atoms with Gasteiger partial charge in [-0.3, -0.25) is 9.20 Å². The Balaban J connectivity index is 1.78. The number of fused-ring (bicyclic) bond motifs is 1. The highest BCUT2D eigenvalue weighted by Crippen LogP contribution is 2.20. The number of Topliss-reactive ketones (excluding diaryl/α,β-unsaturated/α-hetero) is 1. The summed E-state index contributed by atoms with van der Waals surface area (Å²) in [6.07, 6.45) is 0. The van der Waals surface area contributed by atoms with Crippen LogP contribution in [0.2, 0.25) is 0 Å². The number of thioether (sulfide) groups is 1. The maximum Gasteiger partial charge on any atom is 0.256 e. The Morgan fingerprint density at radius 2 is 2.00 bits per heavy atom.